The third-order valence-electron chi connectivity index (χ3n) is 4.69. The Morgan fingerprint density at radius 1 is 0.880 bits per heavy atom. The predicted molar refractivity (Wildman–Crippen MR) is 105 cm³/mol. The molecule has 3 aromatic carbocycles. The van der Waals surface area contributed by atoms with Crippen molar-refractivity contribution in [3.8, 4) is 16.9 Å². The minimum atomic E-state index is 0.0381. The van der Waals surface area contributed by atoms with Crippen LogP contribution in [-0.4, -0.2) is 0 Å². The molecule has 1 nitrogen and oxygen atoms in total. The van der Waals surface area contributed by atoms with Gasteiger partial charge in [0.1, 0.15) is 11.9 Å². The summed E-state index contributed by atoms with van der Waals surface area (Å²) >= 11 is 0. The lowest BCUT2D eigenvalue weighted by atomic mass is 9.91. The van der Waals surface area contributed by atoms with Gasteiger partial charge in [0, 0.05) is 12.0 Å². The van der Waals surface area contributed by atoms with E-state index >= 15 is 0 Å². The zero-order chi connectivity index (χ0) is 17.2. The summed E-state index contributed by atoms with van der Waals surface area (Å²) in [6, 6.07) is 25.1. The maximum absolute atomic E-state index is 6.25. The minimum Gasteiger partial charge on any atom is -0.485 e. The summed E-state index contributed by atoms with van der Waals surface area (Å²) in [5.41, 5.74) is 6.89. The normalized spacial score (nSPS) is 16.0. The fourth-order valence-corrected chi connectivity index (χ4v) is 3.32. The highest BCUT2D eigenvalue weighted by atomic mass is 16.5. The maximum atomic E-state index is 6.25. The molecule has 3 aromatic rings. The van der Waals surface area contributed by atoms with Gasteiger partial charge in [-0.05, 0) is 46.0 Å². The first-order valence-corrected chi connectivity index (χ1v) is 8.51. The van der Waals surface area contributed by atoms with Crippen LogP contribution in [0.25, 0.3) is 22.8 Å². The molecule has 122 valence electrons. The number of hydrogen-bond acceptors (Lipinski definition) is 1. The molecule has 0 N–H and O–H groups in total. The SMILES string of the molecule is C=Cc1cccc(-c2ccc3c(c2)C(=C)CC(c2ccccc2)O3)c1. The van der Waals surface area contributed by atoms with Gasteiger partial charge in [0.2, 0.25) is 0 Å². The first-order valence-electron chi connectivity index (χ1n) is 8.51. The summed E-state index contributed by atoms with van der Waals surface area (Å²) in [5.74, 6) is 0.911. The van der Waals surface area contributed by atoms with Crippen molar-refractivity contribution in [2.45, 2.75) is 12.5 Å². The van der Waals surface area contributed by atoms with E-state index in [0.717, 1.165) is 28.9 Å². The second-order valence-corrected chi connectivity index (χ2v) is 6.37. The number of rotatable bonds is 3. The molecule has 0 saturated heterocycles. The Bertz CT molecular complexity index is 937. The smallest absolute Gasteiger partial charge is 0.128 e. The van der Waals surface area contributed by atoms with E-state index in [2.05, 4.69) is 67.8 Å². The molecule has 25 heavy (non-hydrogen) atoms. The van der Waals surface area contributed by atoms with E-state index in [1.54, 1.807) is 0 Å². The summed E-state index contributed by atoms with van der Waals surface area (Å²) < 4.78 is 6.25. The molecule has 0 saturated carbocycles. The molecule has 0 fully saturated rings. The van der Waals surface area contributed by atoms with E-state index in [4.69, 9.17) is 4.74 Å². The third kappa shape index (κ3) is 3.01. The van der Waals surface area contributed by atoms with Crippen LogP contribution < -0.4 is 4.74 Å². The van der Waals surface area contributed by atoms with E-state index in [1.165, 1.54) is 16.7 Å². The Morgan fingerprint density at radius 2 is 1.68 bits per heavy atom. The number of fused-ring (bicyclic) bond motifs is 1. The molecule has 1 unspecified atom stereocenters. The molecule has 0 aromatic heterocycles. The Kier molecular flexibility index (Phi) is 3.99. The second-order valence-electron chi connectivity index (χ2n) is 6.37. The Hall–Kier alpha value is -3.06. The fourth-order valence-electron chi connectivity index (χ4n) is 3.32. The van der Waals surface area contributed by atoms with Crippen molar-refractivity contribution >= 4 is 11.6 Å². The van der Waals surface area contributed by atoms with Gasteiger partial charge in [-0.2, -0.15) is 0 Å². The zero-order valence-corrected chi connectivity index (χ0v) is 14.1. The van der Waals surface area contributed by atoms with Crippen molar-refractivity contribution < 1.29 is 4.74 Å². The van der Waals surface area contributed by atoms with E-state index < -0.39 is 0 Å². The quantitative estimate of drug-likeness (QED) is 0.532. The standard InChI is InChI=1S/C24H20O/c1-3-18-8-7-11-20(15-18)21-12-13-23-22(16-21)17(2)14-24(25-23)19-9-5-4-6-10-19/h3-13,15-16,24H,1-2,14H2. The Balaban J connectivity index is 1.69. The van der Waals surface area contributed by atoms with Crippen molar-refractivity contribution in [3.05, 3.63) is 103 Å². The highest BCUT2D eigenvalue weighted by Crippen LogP contribution is 2.42. The van der Waals surface area contributed by atoms with Gasteiger partial charge in [0.15, 0.2) is 0 Å². The third-order valence-corrected chi connectivity index (χ3v) is 4.69. The Morgan fingerprint density at radius 3 is 2.48 bits per heavy atom. The van der Waals surface area contributed by atoms with Gasteiger partial charge in [0.25, 0.3) is 0 Å². The maximum Gasteiger partial charge on any atom is 0.128 e. The molecule has 0 aliphatic carbocycles. The molecular weight excluding hydrogens is 304 g/mol. The van der Waals surface area contributed by atoms with Crippen LogP contribution in [0.5, 0.6) is 5.75 Å². The van der Waals surface area contributed by atoms with Crippen LogP contribution in [0.15, 0.2) is 86.0 Å². The first-order chi connectivity index (χ1) is 12.2. The fraction of sp³-hybridized carbons (Fsp3) is 0.0833. The van der Waals surface area contributed by atoms with Crippen molar-refractivity contribution in [3.63, 3.8) is 0 Å². The van der Waals surface area contributed by atoms with Crippen molar-refractivity contribution in [1.29, 1.82) is 0 Å². The molecule has 1 aliphatic rings. The summed E-state index contributed by atoms with van der Waals surface area (Å²) in [6.45, 7) is 8.15. The van der Waals surface area contributed by atoms with Gasteiger partial charge < -0.3 is 4.74 Å². The lowest BCUT2D eigenvalue weighted by Crippen LogP contribution is -2.14. The monoisotopic (exact) mass is 324 g/mol. The van der Waals surface area contributed by atoms with E-state index in [0.29, 0.717) is 0 Å². The van der Waals surface area contributed by atoms with E-state index in [9.17, 15) is 0 Å². The summed E-state index contributed by atoms with van der Waals surface area (Å²) in [6.07, 6.45) is 2.72. The summed E-state index contributed by atoms with van der Waals surface area (Å²) in [5, 5.41) is 0. The van der Waals surface area contributed by atoms with Crippen LogP contribution in [0, 0.1) is 0 Å². The molecule has 0 bridgehead atoms. The topological polar surface area (TPSA) is 9.23 Å². The van der Waals surface area contributed by atoms with Crippen LogP contribution in [0.4, 0.5) is 0 Å². The molecule has 0 spiro atoms. The molecule has 0 amide bonds. The van der Waals surface area contributed by atoms with Crippen LogP contribution in [0.2, 0.25) is 0 Å². The number of ether oxygens (including phenoxy) is 1. The molecule has 1 heteroatoms. The highest BCUT2D eigenvalue weighted by Gasteiger charge is 2.24. The lowest BCUT2D eigenvalue weighted by molar-refractivity contribution is 0.202. The largest absolute Gasteiger partial charge is 0.485 e. The van der Waals surface area contributed by atoms with Gasteiger partial charge in [0.05, 0.1) is 0 Å². The van der Waals surface area contributed by atoms with Crippen LogP contribution in [-0.2, 0) is 0 Å². The average Bonchev–Trinajstić information content (AvgIpc) is 2.68. The Labute approximate surface area is 148 Å². The number of hydrogen-bond donors (Lipinski definition) is 0. The summed E-state index contributed by atoms with van der Waals surface area (Å²) in [7, 11) is 0. The molecular formula is C24H20O. The summed E-state index contributed by atoms with van der Waals surface area (Å²) in [4.78, 5) is 0. The molecule has 1 aliphatic heterocycles. The van der Waals surface area contributed by atoms with Gasteiger partial charge in [-0.1, -0.05) is 73.8 Å². The van der Waals surface area contributed by atoms with Gasteiger partial charge in [-0.25, -0.2) is 0 Å². The molecule has 1 atom stereocenters. The number of benzene rings is 3. The zero-order valence-electron chi connectivity index (χ0n) is 14.1. The molecule has 4 rings (SSSR count). The highest BCUT2D eigenvalue weighted by molar-refractivity contribution is 5.77. The van der Waals surface area contributed by atoms with Crippen molar-refractivity contribution in [1.82, 2.24) is 0 Å². The second kappa shape index (κ2) is 6.45. The van der Waals surface area contributed by atoms with Crippen molar-refractivity contribution in [2.24, 2.45) is 0 Å². The average molecular weight is 324 g/mol. The van der Waals surface area contributed by atoms with Crippen LogP contribution in [0.1, 0.15) is 29.2 Å². The van der Waals surface area contributed by atoms with Crippen LogP contribution >= 0.6 is 0 Å². The van der Waals surface area contributed by atoms with Gasteiger partial charge in [-0.15, -0.1) is 0 Å². The van der Waals surface area contributed by atoms with Gasteiger partial charge in [-0.3, -0.25) is 0 Å². The van der Waals surface area contributed by atoms with E-state index in [-0.39, 0.29) is 6.10 Å². The van der Waals surface area contributed by atoms with Crippen molar-refractivity contribution in [2.75, 3.05) is 0 Å². The first kappa shape index (κ1) is 15.5. The minimum absolute atomic E-state index is 0.0381. The van der Waals surface area contributed by atoms with Gasteiger partial charge >= 0.3 is 0 Å². The molecule has 1 heterocycles. The van der Waals surface area contributed by atoms with E-state index in [1.807, 2.05) is 24.3 Å². The predicted octanol–water partition coefficient (Wildman–Crippen LogP) is 6.53. The molecule has 0 radical (unpaired) electrons. The lowest BCUT2D eigenvalue weighted by Gasteiger charge is -2.28. The van der Waals surface area contributed by atoms with Crippen LogP contribution in [0.3, 0.4) is 0 Å².